The van der Waals surface area contributed by atoms with E-state index in [-0.39, 0.29) is 5.91 Å². The number of nitrogen functional groups attached to an aromatic ring is 1. The van der Waals surface area contributed by atoms with Gasteiger partial charge in [-0.15, -0.1) is 0 Å². The minimum Gasteiger partial charge on any atom is -0.497 e. The summed E-state index contributed by atoms with van der Waals surface area (Å²) in [6.45, 7) is 0. The molecule has 0 heterocycles. The zero-order chi connectivity index (χ0) is 13.8. The predicted molar refractivity (Wildman–Crippen MR) is 76.8 cm³/mol. The molecule has 0 aliphatic carbocycles. The van der Waals surface area contributed by atoms with Crippen LogP contribution < -0.4 is 15.8 Å². The SMILES string of the molecule is COc1cc(N)cc(C(=O)Nc2ccccc2Cl)c1. The molecule has 2 rings (SSSR count). The van der Waals surface area contributed by atoms with E-state index in [4.69, 9.17) is 22.1 Å². The van der Waals surface area contributed by atoms with Crippen LogP contribution in [0, 0.1) is 0 Å². The third-order valence-corrected chi connectivity index (χ3v) is 2.88. The minimum absolute atomic E-state index is 0.293. The molecule has 0 bridgehead atoms. The highest BCUT2D eigenvalue weighted by Crippen LogP contribution is 2.23. The second-order valence-corrected chi connectivity index (χ2v) is 4.34. The number of hydrogen-bond donors (Lipinski definition) is 2. The highest BCUT2D eigenvalue weighted by atomic mass is 35.5. The molecule has 0 radical (unpaired) electrons. The van der Waals surface area contributed by atoms with Crippen LogP contribution in [-0.4, -0.2) is 13.0 Å². The Morgan fingerprint density at radius 3 is 2.68 bits per heavy atom. The van der Waals surface area contributed by atoms with Crippen molar-refractivity contribution < 1.29 is 9.53 Å². The first kappa shape index (κ1) is 13.2. The summed E-state index contributed by atoms with van der Waals surface area (Å²) >= 11 is 5.98. The Labute approximate surface area is 116 Å². The maximum atomic E-state index is 12.1. The number of hydrogen-bond acceptors (Lipinski definition) is 3. The lowest BCUT2D eigenvalue weighted by atomic mass is 10.1. The number of methoxy groups -OCH3 is 1. The van der Waals surface area contributed by atoms with Crippen LogP contribution in [0.1, 0.15) is 10.4 Å². The van der Waals surface area contributed by atoms with Gasteiger partial charge in [-0.25, -0.2) is 0 Å². The average molecular weight is 277 g/mol. The summed E-state index contributed by atoms with van der Waals surface area (Å²) in [6.07, 6.45) is 0. The normalized spacial score (nSPS) is 10.0. The molecule has 0 saturated heterocycles. The first-order chi connectivity index (χ1) is 9.10. The lowest BCUT2D eigenvalue weighted by molar-refractivity contribution is 0.102. The van der Waals surface area contributed by atoms with Gasteiger partial charge in [0.15, 0.2) is 0 Å². The van der Waals surface area contributed by atoms with Crippen molar-refractivity contribution in [1.82, 2.24) is 0 Å². The number of rotatable bonds is 3. The number of carbonyl (C=O) groups excluding carboxylic acids is 1. The summed E-state index contributed by atoms with van der Waals surface area (Å²) in [6, 6.07) is 11.9. The summed E-state index contributed by atoms with van der Waals surface area (Å²) in [5.74, 6) is 0.239. The van der Waals surface area contributed by atoms with E-state index in [0.29, 0.717) is 27.7 Å². The molecule has 0 atom stereocenters. The quantitative estimate of drug-likeness (QED) is 0.846. The molecule has 0 saturated carbocycles. The summed E-state index contributed by atoms with van der Waals surface area (Å²) in [7, 11) is 1.52. The topological polar surface area (TPSA) is 64.3 Å². The fourth-order valence-electron chi connectivity index (χ4n) is 1.63. The van der Waals surface area contributed by atoms with E-state index in [1.807, 2.05) is 0 Å². The second kappa shape index (κ2) is 5.63. The zero-order valence-corrected chi connectivity index (χ0v) is 11.1. The predicted octanol–water partition coefficient (Wildman–Crippen LogP) is 3.18. The van der Waals surface area contributed by atoms with Crippen LogP contribution in [-0.2, 0) is 0 Å². The number of para-hydroxylation sites is 1. The third kappa shape index (κ3) is 3.17. The van der Waals surface area contributed by atoms with Gasteiger partial charge in [0, 0.05) is 17.3 Å². The van der Waals surface area contributed by atoms with Gasteiger partial charge in [0.2, 0.25) is 0 Å². The van der Waals surface area contributed by atoms with Crippen molar-refractivity contribution in [3.05, 3.63) is 53.1 Å². The van der Waals surface area contributed by atoms with Crippen molar-refractivity contribution in [1.29, 1.82) is 0 Å². The van der Waals surface area contributed by atoms with Gasteiger partial charge in [0.05, 0.1) is 17.8 Å². The van der Waals surface area contributed by atoms with Crippen LogP contribution in [0.5, 0.6) is 5.75 Å². The van der Waals surface area contributed by atoms with E-state index < -0.39 is 0 Å². The van der Waals surface area contributed by atoms with E-state index >= 15 is 0 Å². The third-order valence-electron chi connectivity index (χ3n) is 2.55. The fraction of sp³-hybridized carbons (Fsp3) is 0.0714. The van der Waals surface area contributed by atoms with E-state index in [0.717, 1.165) is 0 Å². The van der Waals surface area contributed by atoms with Crippen LogP contribution in [0.15, 0.2) is 42.5 Å². The van der Waals surface area contributed by atoms with Gasteiger partial charge in [-0.2, -0.15) is 0 Å². The van der Waals surface area contributed by atoms with Crippen LogP contribution in [0.3, 0.4) is 0 Å². The summed E-state index contributed by atoms with van der Waals surface area (Å²) in [5, 5.41) is 3.20. The zero-order valence-electron chi connectivity index (χ0n) is 10.3. The van der Waals surface area contributed by atoms with E-state index in [9.17, 15) is 4.79 Å². The number of anilines is 2. The van der Waals surface area contributed by atoms with Gasteiger partial charge in [0.25, 0.3) is 5.91 Å². The molecule has 0 aliphatic rings. The molecular formula is C14H13ClN2O2. The molecule has 0 fully saturated rings. The van der Waals surface area contributed by atoms with Crippen molar-refractivity contribution in [2.45, 2.75) is 0 Å². The molecule has 0 aliphatic heterocycles. The molecule has 1 amide bonds. The molecule has 98 valence electrons. The molecule has 2 aromatic rings. The minimum atomic E-state index is -0.293. The number of ether oxygens (including phenoxy) is 1. The molecule has 2 aromatic carbocycles. The first-order valence-corrected chi connectivity index (χ1v) is 5.98. The van der Waals surface area contributed by atoms with Crippen molar-refractivity contribution in [3.63, 3.8) is 0 Å². The maximum Gasteiger partial charge on any atom is 0.255 e. The molecule has 19 heavy (non-hydrogen) atoms. The van der Waals surface area contributed by atoms with Crippen LogP contribution >= 0.6 is 11.6 Å². The molecule has 5 heteroatoms. The number of amides is 1. The standard InChI is InChI=1S/C14H13ClN2O2/c1-19-11-7-9(6-10(16)8-11)14(18)17-13-5-3-2-4-12(13)15/h2-8H,16H2,1H3,(H,17,18). The average Bonchev–Trinajstić information content (AvgIpc) is 2.40. The highest BCUT2D eigenvalue weighted by Gasteiger charge is 2.10. The summed E-state index contributed by atoms with van der Waals surface area (Å²) in [5.41, 5.74) is 7.14. The number of carbonyl (C=O) groups is 1. The highest BCUT2D eigenvalue weighted by molar-refractivity contribution is 6.33. The van der Waals surface area contributed by atoms with Crippen molar-refractivity contribution in [3.8, 4) is 5.75 Å². The molecule has 4 nitrogen and oxygen atoms in total. The summed E-state index contributed by atoms with van der Waals surface area (Å²) in [4.78, 5) is 12.1. The molecule has 0 aromatic heterocycles. The number of benzene rings is 2. The van der Waals surface area contributed by atoms with Crippen LogP contribution in [0.25, 0.3) is 0 Å². The lowest BCUT2D eigenvalue weighted by Gasteiger charge is -2.09. The van der Waals surface area contributed by atoms with Crippen molar-refractivity contribution in [2.24, 2.45) is 0 Å². The Kier molecular flexibility index (Phi) is 3.92. The molecule has 0 unspecified atom stereocenters. The van der Waals surface area contributed by atoms with Gasteiger partial charge in [-0.1, -0.05) is 23.7 Å². The van der Waals surface area contributed by atoms with E-state index in [1.54, 1.807) is 42.5 Å². The first-order valence-electron chi connectivity index (χ1n) is 5.60. The van der Waals surface area contributed by atoms with E-state index in [1.165, 1.54) is 7.11 Å². The Balaban J connectivity index is 2.25. The summed E-state index contributed by atoms with van der Waals surface area (Å²) < 4.78 is 5.07. The van der Waals surface area contributed by atoms with E-state index in [2.05, 4.69) is 5.32 Å². The van der Waals surface area contributed by atoms with Gasteiger partial charge in [-0.05, 0) is 24.3 Å². The smallest absolute Gasteiger partial charge is 0.255 e. The molecular weight excluding hydrogens is 264 g/mol. The van der Waals surface area contributed by atoms with Crippen molar-refractivity contribution in [2.75, 3.05) is 18.2 Å². The lowest BCUT2D eigenvalue weighted by Crippen LogP contribution is -2.12. The van der Waals surface area contributed by atoms with Gasteiger partial charge in [-0.3, -0.25) is 4.79 Å². The Morgan fingerprint density at radius 2 is 2.00 bits per heavy atom. The van der Waals surface area contributed by atoms with Gasteiger partial charge >= 0.3 is 0 Å². The fourth-order valence-corrected chi connectivity index (χ4v) is 1.81. The number of nitrogens with one attached hydrogen (secondary N) is 1. The van der Waals surface area contributed by atoms with Gasteiger partial charge in [0.1, 0.15) is 5.75 Å². The maximum absolute atomic E-state index is 12.1. The van der Waals surface area contributed by atoms with Crippen molar-refractivity contribution >= 4 is 28.9 Å². The number of halogens is 1. The Bertz CT molecular complexity index is 614. The number of nitrogens with two attached hydrogens (primary N) is 1. The Morgan fingerprint density at radius 1 is 1.26 bits per heavy atom. The second-order valence-electron chi connectivity index (χ2n) is 3.93. The van der Waals surface area contributed by atoms with Crippen LogP contribution in [0.2, 0.25) is 5.02 Å². The molecule has 0 spiro atoms. The monoisotopic (exact) mass is 276 g/mol. The largest absolute Gasteiger partial charge is 0.497 e. The van der Waals surface area contributed by atoms with Crippen LogP contribution in [0.4, 0.5) is 11.4 Å². The van der Waals surface area contributed by atoms with Gasteiger partial charge < -0.3 is 15.8 Å². The molecule has 3 N–H and O–H groups in total. The Hall–Kier alpha value is -2.20.